The number of nitrogens with one attached hydrogen (secondary N) is 1. The highest BCUT2D eigenvalue weighted by Gasteiger charge is 1.99. The molecule has 0 bridgehead atoms. The van der Waals surface area contributed by atoms with Crippen LogP contribution in [0, 0.1) is 5.92 Å². The summed E-state index contributed by atoms with van der Waals surface area (Å²) in [6, 6.07) is 6.46. The van der Waals surface area contributed by atoms with E-state index in [1.807, 2.05) is 0 Å². The van der Waals surface area contributed by atoms with Crippen molar-refractivity contribution in [3.05, 3.63) is 30.1 Å². The van der Waals surface area contributed by atoms with Crippen LogP contribution in [0.5, 0.6) is 0 Å². The topological polar surface area (TPSA) is 28.7 Å². The fraction of sp³-hybridized carbons (Fsp3) is 0.417. The van der Waals surface area contributed by atoms with Crippen LogP contribution in [0.4, 0.5) is 0 Å². The van der Waals surface area contributed by atoms with Crippen molar-refractivity contribution in [2.24, 2.45) is 5.92 Å². The average molecular weight is 188 g/mol. The van der Waals surface area contributed by atoms with Crippen molar-refractivity contribution in [1.82, 2.24) is 9.97 Å². The van der Waals surface area contributed by atoms with Crippen LogP contribution in [-0.4, -0.2) is 9.97 Å². The van der Waals surface area contributed by atoms with Crippen molar-refractivity contribution in [3.63, 3.8) is 0 Å². The predicted octanol–water partition coefficient (Wildman–Crippen LogP) is 3.15. The number of nitrogens with zero attached hydrogens (tertiary/aromatic N) is 1. The van der Waals surface area contributed by atoms with E-state index in [9.17, 15) is 0 Å². The van der Waals surface area contributed by atoms with Gasteiger partial charge < -0.3 is 4.98 Å². The Morgan fingerprint density at radius 2 is 2.21 bits per heavy atom. The van der Waals surface area contributed by atoms with Crippen molar-refractivity contribution >= 4 is 11.0 Å². The molecule has 0 aliphatic rings. The highest BCUT2D eigenvalue weighted by atomic mass is 14.9. The van der Waals surface area contributed by atoms with Crippen molar-refractivity contribution in [2.75, 3.05) is 0 Å². The number of H-pyrrole nitrogens is 1. The van der Waals surface area contributed by atoms with Crippen LogP contribution in [0.1, 0.15) is 25.8 Å². The lowest BCUT2D eigenvalue weighted by Gasteiger charge is -2.04. The minimum atomic E-state index is 0.771. The Morgan fingerprint density at radius 1 is 1.36 bits per heavy atom. The summed E-state index contributed by atoms with van der Waals surface area (Å²) in [5.41, 5.74) is 3.60. The van der Waals surface area contributed by atoms with Gasteiger partial charge >= 0.3 is 0 Å². The molecule has 74 valence electrons. The van der Waals surface area contributed by atoms with E-state index in [1.165, 1.54) is 12.0 Å². The minimum absolute atomic E-state index is 0.771. The van der Waals surface area contributed by atoms with E-state index in [-0.39, 0.29) is 0 Å². The van der Waals surface area contributed by atoms with Crippen LogP contribution in [0.15, 0.2) is 24.5 Å². The van der Waals surface area contributed by atoms with E-state index >= 15 is 0 Å². The summed E-state index contributed by atoms with van der Waals surface area (Å²) in [4.78, 5) is 7.34. The van der Waals surface area contributed by atoms with E-state index in [0.717, 1.165) is 23.4 Å². The zero-order valence-electron chi connectivity index (χ0n) is 8.75. The molecule has 0 spiro atoms. The van der Waals surface area contributed by atoms with Crippen LogP contribution in [0.3, 0.4) is 0 Å². The Bertz CT molecular complexity index is 415. The minimum Gasteiger partial charge on any atom is -0.345 e. The van der Waals surface area contributed by atoms with E-state index in [1.54, 1.807) is 6.33 Å². The van der Waals surface area contributed by atoms with Crippen LogP contribution in [-0.2, 0) is 6.42 Å². The molecule has 0 aliphatic carbocycles. The first kappa shape index (κ1) is 9.25. The molecule has 1 heterocycles. The third-order valence-corrected chi connectivity index (χ3v) is 2.50. The molecule has 2 rings (SSSR count). The molecule has 0 unspecified atom stereocenters. The van der Waals surface area contributed by atoms with Crippen molar-refractivity contribution < 1.29 is 0 Å². The van der Waals surface area contributed by atoms with E-state index in [0.29, 0.717) is 0 Å². The number of hydrogen-bond donors (Lipinski definition) is 1. The fourth-order valence-corrected chi connectivity index (χ4v) is 1.59. The maximum Gasteiger partial charge on any atom is 0.0931 e. The van der Waals surface area contributed by atoms with Gasteiger partial charge in [-0.2, -0.15) is 0 Å². The maximum absolute atomic E-state index is 4.20. The van der Waals surface area contributed by atoms with Crippen molar-refractivity contribution in [2.45, 2.75) is 26.7 Å². The summed E-state index contributed by atoms with van der Waals surface area (Å²) in [6.07, 6.45) is 4.16. The summed E-state index contributed by atoms with van der Waals surface area (Å²) in [7, 11) is 0. The summed E-state index contributed by atoms with van der Waals surface area (Å²) in [5, 5.41) is 0. The Hall–Kier alpha value is -1.31. The number of aryl methyl sites for hydroxylation is 1. The number of hydrogen-bond acceptors (Lipinski definition) is 1. The largest absolute Gasteiger partial charge is 0.345 e. The molecule has 0 radical (unpaired) electrons. The molecule has 0 saturated heterocycles. The highest BCUT2D eigenvalue weighted by molar-refractivity contribution is 5.74. The van der Waals surface area contributed by atoms with Crippen LogP contribution >= 0.6 is 0 Å². The highest BCUT2D eigenvalue weighted by Crippen LogP contribution is 2.14. The number of aromatic amines is 1. The molecular weight excluding hydrogens is 172 g/mol. The molecule has 1 aromatic carbocycles. The number of fused-ring (bicyclic) bond motifs is 1. The molecule has 0 amide bonds. The third kappa shape index (κ3) is 1.95. The van der Waals surface area contributed by atoms with E-state index in [2.05, 4.69) is 42.0 Å². The van der Waals surface area contributed by atoms with Gasteiger partial charge in [-0.05, 0) is 36.5 Å². The molecule has 0 fully saturated rings. The second kappa shape index (κ2) is 3.82. The first-order valence-electron chi connectivity index (χ1n) is 5.18. The number of benzene rings is 1. The van der Waals surface area contributed by atoms with Gasteiger partial charge in [0.15, 0.2) is 0 Å². The second-order valence-corrected chi connectivity index (χ2v) is 4.19. The first-order valence-corrected chi connectivity index (χ1v) is 5.18. The molecular formula is C12H16N2. The average Bonchev–Trinajstić information content (AvgIpc) is 2.61. The molecule has 0 saturated carbocycles. The van der Waals surface area contributed by atoms with Gasteiger partial charge in [0.2, 0.25) is 0 Å². The monoisotopic (exact) mass is 188 g/mol. The smallest absolute Gasteiger partial charge is 0.0931 e. The number of imidazole rings is 1. The molecule has 2 nitrogen and oxygen atoms in total. The zero-order chi connectivity index (χ0) is 9.97. The van der Waals surface area contributed by atoms with E-state index in [4.69, 9.17) is 0 Å². The standard InChI is InChI=1S/C12H16N2/c1-9(2)3-4-10-5-6-11-12(7-10)14-8-13-11/h5-9H,3-4H2,1-2H3,(H,13,14). The molecule has 2 aromatic rings. The molecule has 14 heavy (non-hydrogen) atoms. The van der Waals surface area contributed by atoms with Gasteiger partial charge in [0.1, 0.15) is 0 Å². The van der Waals surface area contributed by atoms with Gasteiger partial charge in [0.25, 0.3) is 0 Å². The molecule has 1 N–H and O–H groups in total. The summed E-state index contributed by atoms with van der Waals surface area (Å²) in [6.45, 7) is 4.52. The lowest BCUT2D eigenvalue weighted by Crippen LogP contribution is -1.91. The van der Waals surface area contributed by atoms with E-state index < -0.39 is 0 Å². The summed E-state index contributed by atoms with van der Waals surface area (Å²) >= 11 is 0. The Balaban J connectivity index is 2.17. The quantitative estimate of drug-likeness (QED) is 0.787. The Labute approximate surface area is 84.4 Å². The third-order valence-electron chi connectivity index (χ3n) is 2.50. The van der Waals surface area contributed by atoms with Gasteiger partial charge in [-0.1, -0.05) is 19.9 Å². The normalized spacial score (nSPS) is 11.4. The maximum atomic E-state index is 4.20. The zero-order valence-corrected chi connectivity index (χ0v) is 8.75. The van der Waals surface area contributed by atoms with Crippen LogP contribution < -0.4 is 0 Å². The molecule has 0 aliphatic heterocycles. The van der Waals surface area contributed by atoms with Gasteiger partial charge in [0, 0.05) is 0 Å². The lowest BCUT2D eigenvalue weighted by molar-refractivity contribution is 0.587. The predicted molar refractivity (Wildman–Crippen MR) is 59.3 cm³/mol. The van der Waals surface area contributed by atoms with Crippen molar-refractivity contribution in [3.8, 4) is 0 Å². The number of rotatable bonds is 3. The SMILES string of the molecule is CC(C)CCc1ccc2nc[nH]c2c1. The Kier molecular flexibility index (Phi) is 2.53. The molecule has 2 heteroatoms. The first-order chi connectivity index (χ1) is 6.75. The summed E-state index contributed by atoms with van der Waals surface area (Å²) < 4.78 is 0. The molecule has 0 atom stereocenters. The second-order valence-electron chi connectivity index (χ2n) is 4.19. The lowest BCUT2D eigenvalue weighted by atomic mass is 10.0. The molecule has 1 aromatic heterocycles. The number of aromatic nitrogens is 2. The van der Waals surface area contributed by atoms with Gasteiger partial charge in [-0.15, -0.1) is 0 Å². The fourth-order valence-electron chi connectivity index (χ4n) is 1.59. The van der Waals surface area contributed by atoms with Crippen molar-refractivity contribution in [1.29, 1.82) is 0 Å². The van der Waals surface area contributed by atoms with Crippen LogP contribution in [0.25, 0.3) is 11.0 Å². The van der Waals surface area contributed by atoms with Crippen LogP contribution in [0.2, 0.25) is 0 Å². The van der Waals surface area contributed by atoms with Gasteiger partial charge in [0.05, 0.1) is 17.4 Å². The van der Waals surface area contributed by atoms with Gasteiger partial charge in [-0.3, -0.25) is 0 Å². The Morgan fingerprint density at radius 3 is 3.00 bits per heavy atom. The van der Waals surface area contributed by atoms with Gasteiger partial charge in [-0.25, -0.2) is 4.98 Å². The summed E-state index contributed by atoms with van der Waals surface area (Å²) in [5.74, 6) is 0.771.